The second-order valence-corrected chi connectivity index (χ2v) is 4.72. The van der Waals surface area contributed by atoms with Gasteiger partial charge in [-0.2, -0.15) is 0 Å². The van der Waals surface area contributed by atoms with Crippen molar-refractivity contribution in [3.8, 4) is 10.4 Å². The first kappa shape index (κ1) is 8.86. The van der Waals surface area contributed by atoms with Crippen LogP contribution in [-0.2, 0) is 12.8 Å². The van der Waals surface area contributed by atoms with Gasteiger partial charge in [0.05, 0.1) is 10.6 Å². The summed E-state index contributed by atoms with van der Waals surface area (Å²) in [5.74, 6) is 0. The molecule has 1 aromatic carbocycles. The molecule has 0 bridgehead atoms. The average Bonchev–Trinajstić information content (AvgIpc) is 2.72. The molecular weight excluding hydrogens is 202 g/mol. The summed E-state index contributed by atoms with van der Waals surface area (Å²) in [5, 5.41) is 1.04. The summed E-state index contributed by atoms with van der Waals surface area (Å²) in [6.45, 7) is 3.78. The lowest BCUT2D eigenvalue weighted by molar-refractivity contribution is 0.909. The van der Waals surface area contributed by atoms with Crippen LogP contribution < -0.4 is 0 Å². The van der Waals surface area contributed by atoms with Gasteiger partial charge in [-0.15, -0.1) is 11.3 Å². The molecule has 0 aliphatic heterocycles. The lowest BCUT2D eigenvalue weighted by atomic mass is 9.94. The van der Waals surface area contributed by atoms with Crippen molar-refractivity contribution >= 4 is 17.4 Å². The fraction of sp³-hybridized carbons (Fsp3) is 0.154. The van der Waals surface area contributed by atoms with Gasteiger partial charge in [0.2, 0.25) is 0 Å². The molecule has 0 amide bonds. The highest BCUT2D eigenvalue weighted by molar-refractivity contribution is 7.16. The molecule has 0 N–H and O–H groups in total. The summed E-state index contributed by atoms with van der Waals surface area (Å²) in [5.41, 5.74) is 4.06. The molecule has 2 aromatic rings. The molecule has 1 nitrogen and oxygen atoms in total. The van der Waals surface area contributed by atoms with E-state index >= 15 is 0 Å². The summed E-state index contributed by atoms with van der Waals surface area (Å²) in [4.78, 5) is 5.91. The summed E-state index contributed by atoms with van der Waals surface area (Å²) in [7, 11) is 0. The van der Waals surface area contributed by atoms with Gasteiger partial charge in [0.25, 0.3) is 0 Å². The molecule has 0 saturated carbocycles. The van der Waals surface area contributed by atoms with E-state index in [1.54, 1.807) is 11.3 Å². The standard InChI is InChI=1S/C13H11NS/c1-2-12-14-11-8-7-9-5-3-4-6-10(9)13(11)15-12/h2-6H,1,7-8H2. The van der Waals surface area contributed by atoms with Crippen LogP contribution in [0.1, 0.15) is 16.3 Å². The average molecular weight is 213 g/mol. The number of benzene rings is 1. The minimum atomic E-state index is 1.04. The number of hydrogen-bond donors (Lipinski definition) is 0. The van der Waals surface area contributed by atoms with E-state index in [1.807, 2.05) is 6.08 Å². The van der Waals surface area contributed by atoms with Gasteiger partial charge < -0.3 is 0 Å². The second-order valence-electron chi connectivity index (χ2n) is 3.69. The molecule has 0 fully saturated rings. The number of aromatic nitrogens is 1. The predicted octanol–water partition coefficient (Wildman–Crippen LogP) is 3.55. The molecule has 74 valence electrons. The van der Waals surface area contributed by atoms with E-state index in [1.165, 1.54) is 21.7 Å². The molecule has 15 heavy (non-hydrogen) atoms. The molecule has 0 radical (unpaired) electrons. The van der Waals surface area contributed by atoms with Crippen molar-refractivity contribution in [3.63, 3.8) is 0 Å². The maximum Gasteiger partial charge on any atom is 0.116 e. The van der Waals surface area contributed by atoms with Crippen LogP contribution in [0, 0.1) is 0 Å². The maximum absolute atomic E-state index is 4.57. The highest BCUT2D eigenvalue weighted by Crippen LogP contribution is 2.37. The van der Waals surface area contributed by atoms with Crippen LogP contribution in [0.5, 0.6) is 0 Å². The van der Waals surface area contributed by atoms with Gasteiger partial charge >= 0.3 is 0 Å². The van der Waals surface area contributed by atoms with E-state index in [9.17, 15) is 0 Å². The maximum atomic E-state index is 4.57. The molecule has 2 heteroatoms. The fourth-order valence-corrected chi connectivity index (χ4v) is 3.07. The molecule has 1 heterocycles. The third-order valence-corrected chi connectivity index (χ3v) is 3.91. The summed E-state index contributed by atoms with van der Waals surface area (Å²) < 4.78 is 0. The number of aryl methyl sites for hydroxylation is 2. The van der Waals surface area contributed by atoms with E-state index in [-0.39, 0.29) is 0 Å². The number of rotatable bonds is 1. The van der Waals surface area contributed by atoms with Crippen molar-refractivity contribution in [2.75, 3.05) is 0 Å². The van der Waals surface area contributed by atoms with E-state index < -0.39 is 0 Å². The van der Waals surface area contributed by atoms with Crippen molar-refractivity contribution in [3.05, 3.63) is 47.1 Å². The third-order valence-electron chi connectivity index (χ3n) is 2.78. The van der Waals surface area contributed by atoms with Crippen molar-refractivity contribution in [1.82, 2.24) is 4.98 Å². The van der Waals surface area contributed by atoms with Crippen molar-refractivity contribution in [1.29, 1.82) is 0 Å². The molecular formula is C13H11NS. The number of fused-ring (bicyclic) bond motifs is 3. The normalized spacial score (nSPS) is 13.1. The van der Waals surface area contributed by atoms with E-state index in [2.05, 4.69) is 35.8 Å². The first-order valence-electron chi connectivity index (χ1n) is 5.09. The van der Waals surface area contributed by atoms with Crippen molar-refractivity contribution in [2.45, 2.75) is 12.8 Å². The first-order chi connectivity index (χ1) is 7.38. The van der Waals surface area contributed by atoms with E-state index in [0.29, 0.717) is 0 Å². The Balaban J connectivity index is 2.24. The summed E-state index contributed by atoms with van der Waals surface area (Å²) >= 11 is 1.75. The van der Waals surface area contributed by atoms with Gasteiger partial charge in [0.1, 0.15) is 5.01 Å². The zero-order chi connectivity index (χ0) is 10.3. The highest BCUT2D eigenvalue weighted by Gasteiger charge is 2.19. The van der Waals surface area contributed by atoms with Crippen LogP contribution in [0.2, 0.25) is 0 Å². The van der Waals surface area contributed by atoms with Gasteiger partial charge in [-0.1, -0.05) is 30.8 Å². The first-order valence-corrected chi connectivity index (χ1v) is 5.90. The van der Waals surface area contributed by atoms with Crippen LogP contribution in [0.4, 0.5) is 0 Å². The minimum Gasteiger partial charge on any atom is -0.241 e. The zero-order valence-corrected chi connectivity index (χ0v) is 9.18. The van der Waals surface area contributed by atoms with Crippen LogP contribution in [0.3, 0.4) is 0 Å². The predicted molar refractivity (Wildman–Crippen MR) is 65.0 cm³/mol. The molecule has 3 rings (SSSR count). The topological polar surface area (TPSA) is 12.9 Å². The molecule has 0 spiro atoms. The summed E-state index contributed by atoms with van der Waals surface area (Å²) in [6.07, 6.45) is 4.02. The smallest absolute Gasteiger partial charge is 0.116 e. The Bertz CT molecular complexity index is 525. The van der Waals surface area contributed by atoms with Gasteiger partial charge in [-0.3, -0.25) is 0 Å². The van der Waals surface area contributed by atoms with Gasteiger partial charge in [-0.25, -0.2) is 4.98 Å². The molecule has 1 aliphatic rings. The Morgan fingerprint density at radius 3 is 3.00 bits per heavy atom. The number of thiazole rings is 1. The van der Waals surface area contributed by atoms with Crippen LogP contribution in [0.15, 0.2) is 30.8 Å². The Morgan fingerprint density at radius 1 is 1.27 bits per heavy atom. The molecule has 1 aromatic heterocycles. The van der Waals surface area contributed by atoms with Crippen LogP contribution in [-0.4, -0.2) is 4.98 Å². The highest BCUT2D eigenvalue weighted by atomic mass is 32.1. The zero-order valence-electron chi connectivity index (χ0n) is 8.36. The van der Waals surface area contributed by atoms with Gasteiger partial charge in [-0.05, 0) is 30.0 Å². The molecule has 0 saturated heterocycles. The number of hydrogen-bond acceptors (Lipinski definition) is 2. The lowest BCUT2D eigenvalue weighted by Gasteiger charge is -2.13. The van der Waals surface area contributed by atoms with Crippen LogP contribution >= 0.6 is 11.3 Å². The SMILES string of the molecule is C=Cc1nc2c(s1)-c1ccccc1CC2. The van der Waals surface area contributed by atoms with Crippen molar-refractivity contribution in [2.24, 2.45) is 0 Å². The van der Waals surface area contributed by atoms with E-state index in [4.69, 9.17) is 0 Å². The Labute approximate surface area is 93.1 Å². The fourth-order valence-electron chi connectivity index (χ4n) is 2.05. The number of nitrogens with zero attached hydrogens (tertiary/aromatic N) is 1. The monoisotopic (exact) mass is 213 g/mol. The largest absolute Gasteiger partial charge is 0.241 e. The van der Waals surface area contributed by atoms with Crippen LogP contribution in [0.25, 0.3) is 16.5 Å². The lowest BCUT2D eigenvalue weighted by Crippen LogP contribution is -2.01. The molecule has 0 atom stereocenters. The molecule has 0 unspecified atom stereocenters. The minimum absolute atomic E-state index is 1.04. The Hall–Kier alpha value is -1.41. The Kier molecular flexibility index (Phi) is 1.96. The Morgan fingerprint density at radius 2 is 2.13 bits per heavy atom. The second kappa shape index (κ2) is 3.31. The molecule has 1 aliphatic carbocycles. The quantitative estimate of drug-likeness (QED) is 0.706. The van der Waals surface area contributed by atoms with Gasteiger partial charge in [0, 0.05) is 0 Å². The van der Waals surface area contributed by atoms with Gasteiger partial charge in [0.15, 0.2) is 0 Å². The van der Waals surface area contributed by atoms with E-state index in [0.717, 1.165) is 17.8 Å². The van der Waals surface area contributed by atoms with Crippen molar-refractivity contribution < 1.29 is 0 Å². The summed E-state index contributed by atoms with van der Waals surface area (Å²) in [6, 6.07) is 8.62. The third kappa shape index (κ3) is 1.33.